The van der Waals surface area contributed by atoms with E-state index in [0.29, 0.717) is 8.95 Å². The first kappa shape index (κ1) is 11.5. The Morgan fingerprint density at radius 2 is 1.94 bits per heavy atom. The Balaban J connectivity index is 2.72. The normalized spacial score (nSPS) is 10.4. The average Bonchev–Trinajstić information content (AvgIpc) is 2.28. The Kier molecular flexibility index (Phi) is 3.25. The van der Waals surface area contributed by atoms with Crippen LogP contribution in [0.1, 0.15) is 5.56 Å². The van der Waals surface area contributed by atoms with Gasteiger partial charge < -0.3 is 0 Å². The summed E-state index contributed by atoms with van der Waals surface area (Å²) >= 11 is 6.48. The maximum atomic E-state index is 12.0. The summed E-state index contributed by atoms with van der Waals surface area (Å²) in [4.78, 5) is 12.0. The third-order valence-corrected chi connectivity index (χ3v) is 4.12. The summed E-state index contributed by atoms with van der Waals surface area (Å²) in [5.41, 5.74) is 1.62. The molecule has 1 aromatic carbocycles. The second kappa shape index (κ2) is 4.51. The lowest BCUT2D eigenvalue weighted by atomic mass is 10.2. The molecule has 82 valence electrons. The molecule has 0 aliphatic carbocycles. The van der Waals surface area contributed by atoms with Crippen LogP contribution in [0.2, 0.25) is 0 Å². The molecule has 2 aromatic rings. The minimum Gasteiger partial charge on any atom is -0.266 e. The monoisotopic (exact) mass is 342 g/mol. The number of aromatic nitrogens is 2. The van der Waals surface area contributed by atoms with Gasteiger partial charge in [-0.15, -0.1) is 0 Å². The third kappa shape index (κ3) is 1.97. The zero-order chi connectivity index (χ0) is 11.7. The number of para-hydroxylation sites is 1. The van der Waals surface area contributed by atoms with Crippen LogP contribution in [0.3, 0.4) is 0 Å². The van der Waals surface area contributed by atoms with E-state index < -0.39 is 0 Å². The van der Waals surface area contributed by atoms with Crippen molar-refractivity contribution in [3.05, 3.63) is 55.3 Å². The van der Waals surface area contributed by atoms with E-state index in [4.69, 9.17) is 0 Å². The highest BCUT2D eigenvalue weighted by Crippen LogP contribution is 2.18. The van der Waals surface area contributed by atoms with Gasteiger partial charge in [0.2, 0.25) is 0 Å². The Labute approximate surface area is 109 Å². The summed E-state index contributed by atoms with van der Waals surface area (Å²) in [6.07, 6.45) is 1.60. The number of halogens is 2. The lowest BCUT2D eigenvalue weighted by molar-refractivity contribution is 0.791. The van der Waals surface area contributed by atoms with E-state index in [1.807, 2.05) is 31.2 Å². The molecule has 0 unspecified atom stereocenters. The van der Waals surface area contributed by atoms with Crippen LogP contribution < -0.4 is 5.56 Å². The second-order valence-electron chi connectivity index (χ2n) is 3.31. The van der Waals surface area contributed by atoms with Crippen molar-refractivity contribution in [1.29, 1.82) is 0 Å². The highest BCUT2D eigenvalue weighted by Gasteiger charge is 2.09. The van der Waals surface area contributed by atoms with Crippen LogP contribution in [0.4, 0.5) is 0 Å². The molecule has 0 aliphatic rings. The summed E-state index contributed by atoms with van der Waals surface area (Å²) in [6.45, 7) is 1.94. The third-order valence-electron chi connectivity index (χ3n) is 2.22. The number of hydrogen-bond donors (Lipinski definition) is 0. The van der Waals surface area contributed by atoms with Gasteiger partial charge in [0, 0.05) is 0 Å². The van der Waals surface area contributed by atoms with Crippen molar-refractivity contribution in [1.82, 2.24) is 9.78 Å². The van der Waals surface area contributed by atoms with Crippen molar-refractivity contribution in [2.24, 2.45) is 0 Å². The molecule has 0 saturated heterocycles. The van der Waals surface area contributed by atoms with E-state index in [9.17, 15) is 4.79 Å². The number of benzene rings is 1. The molecule has 16 heavy (non-hydrogen) atoms. The van der Waals surface area contributed by atoms with Gasteiger partial charge in [-0.2, -0.15) is 9.78 Å². The first-order chi connectivity index (χ1) is 7.61. The zero-order valence-corrected chi connectivity index (χ0v) is 11.6. The molecular weight excluding hydrogens is 336 g/mol. The topological polar surface area (TPSA) is 34.9 Å². The molecule has 3 nitrogen and oxygen atoms in total. The van der Waals surface area contributed by atoms with Crippen LogP contribution >= 0.6 is 31.9 Å². The second-order valence-corrected chi connectivity index (χ2v) is 4.96. The fraction of sp³-hybridized carbons (Fsp3) is 0.0909. The Hall–Kier alpha value is -0.940. The molecule has 5 heteroatoms. The molecule has 0 amide bonds. The van der Waals surface area contributed by atoms with Crippen molar-refractivity contribution in [3.8, 4) is 5.69 Å². The predicted molar refractivity (Wildman–Crippen MR) is 70.0 cm³/mol. The van der Waals surface area contributed by atoms with Gasteiger partial charge in [0.1, 0.15) is 4.47 Å². The van der Waals surface area contributed by atoms with Crippen LogP contribution in [0.15, 0.2) is 44.2 Å². The lowest BCUT2D eigenvalue weighted by Crippen LogP contribution is -2.22. The number of rotatable bonds is 1. The molecule has 0 spiro atoms. The van der Waals surface area contributed by atoms with Gasteiger partial charge in [-0.1, -0.05) is 18.2 Å². The largest absolute Gasteiger partial charge is 0.286 e. The van der Waals surface area contributed by atoms with E-state index in [2.05, 4.69) is 37.0 Å². The minimum absolute atomic E-state index is 0.177. The maximum absolute atomic E-state index is 12.0. The van der Waals surface area contributed by atoms with Crippen LogP contribution in [0, 0.1) is 6.92 Å². The van der Waals surface area contributed by atoms with E-state index in [1.165, 1.54) is 4.68 Å². The molecule has 0 radical (unpaired) electrons. The van der Waals surface area contributed by atoms with Crippen molar-refractivity contribution < 1.29 is 0 Å². The first-order valence-corrected chi connectivity index (χ1v) is 6.19. The smallest absolute Gasteiger partial charge is 0.266 e. The molecule has 0 saturated carbocycles. The van der Waals surface area contributed by atoms with Crippen LogP contribution in [-0.4, -0.2) is 9.78 Å². The molecule has 1 heterocycles. The molecular formula is C11H8Br2N2O. The molecule has 0 N–H and O–H groups in total. The van der Waals surface area contributed by atoms with Crippen LogP contribution in [0.25, 0.3) is 5.69 Å². The van der Waals surface area contributed by atoms with Gasteiger partial charge in [-0.05, 0) is 50.4 Å². The van der Waals surface area contributed by atoms with Gasteiger partial charge in [0.25, 0.3) is 5.56 Å². The summed E-state index contributed by atoms with van der Waals surface area (Å²) in [5.74, 6) is 0. The van der Waals surface area contributed by atoms with E-state index in [1.54, 1.807) is 6.20 Å². The summed E-state index contributed by atoms with van der Waals surface area (Å²) < 4.78 is 2.51. The fourth-order valence-corrected chi connectivity index (χ4v) is 1.92. The average molecular weight is 344 g/mol. The molecule has 0 fully saturated rings. The highest BCUT2D eigenvalue weighted by atomic mass is 79.9. The molecule has 1 aromatic heterocycles. The number of nitrogens with zero attached hydrogens (tertiary/aromatic N) is 2. The Bertz CT molecular complexity index is 593. The van der Waals surface area contributed by atoms with Gasteiger partial charge in [0.15, 0.2) is 0 Å². The molecule has 0 aliphatic heterocycles. The first-order valence-electron chi connectivity index (χ1n) is 4.60. The van der Waals surface area contributed by atoms with E-state index in [0.717, 1.165) is 11.3 Å². The number of hydrogen-bond acceptors (Lipinski definition) is 2. The van der Waals surface area contributed by atoms with Crippen molar-refractivity contribution >= 4 is 31.9 Å². The molecule has 0 atom stereocenters. The summed E-state index contributed by atoms with van der Waals surface area (Å²) in [5, 5.41) is 4.10. The van der Waals surface area contributed by atoms with Crippen LogP contribution in [0.5, 0.6) is 0 Å². The molecule has 2 rings (SSSR count). The maximum Gasteiger partial charge on any atom is 0.286 e. The van der Waals surface area contributed by atoms with Gasteiger partial charge in [-0.3, -0.25) is 4.79 Å². The Morgan fingerprint density at radius 1 is 1.25 bits per heavy atom. The molecule has 0 bridgehead atoms. The summed E-state index contributed by atoms with van der Waals surface area (Å²) in [7, 11) is 0. The Morgan fingerprint density at radius 3 is 2.62 bits per heavy atom. The van der Waals surface area contributed by atoms with Gasteiger partial charge in [-0.25, -0.2) is 0 Å². The van der Waals surface area contributed by atoms with Crippen molar-refractivity contribution in [2.75, 3.05) is 0 Å². The predicted octanol–water partition coefficient (Wildman–Crippen LogP) is 3.07. The SMILES string of the molecule is Cc1ccccc1-n1ncc(Br)c(Br)c1=O. The highest BCUT2D eigenvalue weighted by molar-refractivity contribution is 9.13. The zero-order valence-electron chi connectivity index (χ0n) is 8.45. The van der Waals surface area contributed by atoms with E-state index >= 15 is 0 Å². The van der Waals surface area contributed by atoms with Crippen molar-refractivity contribution in [3.63, 3.8) is 0 Å². The summed E-state index contributed by atoms with van der Waals surface area (Å²) in [6, 6.07) is 7.62. The van der Waals surface area contributed by atoms with Crippen LogP contribution in [-0.2, 0) is 0 Å². The van der Waals surface area contributed by atoms with E-state index in [-0.39, 0.29) is 5.56 Å². The lowest BCUT2D eigenvalue weighted by Gasteiger charge is -2.08. The standard InChI is InChI=1S/C11H8Br2N2O/c1-7-4-2-3-5-9(7)15-11(16)10(13)8(12)6-14-15/h2-6H,1H3. The fourth-order valence-electron chi connectivity index (χ4n) is 1.39. The quantitative estimate of drug-likeness (QED) is 0.797. The minimum atomic E-state index is -0.177. The van der Waals surface area contributed by atoms with Gasteiger partial charge >= 0.3 is 0 Å². The number of aryl methyl sites for hydroxylation is 1. The van der Waals surface area contributed by atoms with Crippen molar-refractivity contribution in [2.45, 2.75) is 6.92 Å². The van der Waals surface area contributed by atoms with Gasteiger partial charge in [0.05, 0.1) is 16.4 Å².